The van der Waals surface area contributed by atoms with Crippen LogP contribution in [0.1, 0.15) is 36.5 Å². The standard InChI is InChI=1S/C17H22FNO2/c1-12(6-8-14-4-3-5-15(18)10-14)19-11-16(20)17-9-7-13(2)21-17/h3-5,7,9-10,12,16,19-20H,6,8,11H2,1-2H3. The van der Waals surface area contributed by atoms with Gasteiger partial charge in [0.25, 0.3) is 0 Å². The van der Waals surface area contributed by atoms with Gasteiger partial charge in [-0.25, -0.2) is 4.39 Å². The van der Waals surface area contributed by atoms with Gasteiger partial charge in [0.15, 0.2) is 0 Å². The van der Waals surface area contributed by atoms with Crippen molar-refractivity contribution in [1.82, 2.24) is 5.32 Å². The van der Waals surface area contributed by atoms with Gasteiger partial charge in [-0.1, -0.05) is 12.1 Å². The molecule has 0 aliphatic carbocycles. The zero-order chi connectivity index (χ0) is 15.2. The van der Waals surface area contributed by atoms with Gasteiger partial charge in [0.05, 0.1) is 0 Å². The molecule has 0 aliphatic rings. The first-order valence-electron chi connectivity index (χ1n) is 7.27. The average Bonchev–Trinajstić information content (AvgIpc) is 2.89. The predicted molar refractivity (Wildman–Crippen MR) is 80.6 cm³/mol. The quantitative estimate of drug-likeness (QED) is 0.822. The maximum Gasteiger partial charge on any atom is 0.133 e. The summed E-state index contributed by atoms with van der Waals surface area (Å²) >= 11 is 0. The molecule has 0 spiro atoms. The third-order valence-corrected chi connectivity index (χ3v) is 3.50. The highest BCUT2D eigenvalue weighted by Crippen LogP contribution is 2.15. The Balaban J connectivity index is 1.73. The minimum absolute atomic E-state index is 0.197. The summed E-state index contributed by atoms with van der Waals surface area (Å²) in [5.41, 5.74) is 0.992. The number of benzene rings is 1. The Labute approximate surface area is 124 Å². The molecule has 0 amide bonds. The maximum absolute atomic E-state index is 13.1. The van der Waals surface area contributed by atoms with Crippen LogP contribution < -0.4 is 5.32 Å². The molecule has 114 valence electrons. The number of aliphatic hydroxyl groups is 1. The Morgan fingerprint density at radius 3 is 2.76 bits per heavy atom. The molecule has 0 aliphatic heterocycles. The van der Waals surface area contributed by atoms with Crippen molar-refractivity contribution in [2.45, 2.75) is 38.8 Å². The van der Waals surface area contributed by atoms with Gasteiger partial charge in [-0.15, -0.1) is 0 Å². The highest BCUT2D eigenvalue weighted by atomic mass is 19.1. The Hall–Kier alpha value is -1.65. The largest absolute Gasteiger partial charge is 0.464 e. The smallest absolute Gasteiger partial charge is 0.133 e. The topological polar surface area (TPSA) is 45.4 Å². The van der Waals surface area contributed by atoms with E-state index in [9.17, 15) is 9.50 Å². The van der Waals surface area contributed by atoms with Crippen LogP contribution in [0.15, 0.2) is 40.8 Å². The number of aryl methyl sites for hydroxylation is 2. The van der Waals surface area contributed by atoms with Crippen molar-refractivity contribution in [3.8, 4) is 0 Å². The molecule has 4 heteroatoms. The first-order valence-corrected chi connectivity index (χ1v) is 7.27. The third-order valence-electron chi connectivity index (χ3n) is 3.50. The lowest BCUT2D eigenvalue weighted by molar-refractivity contribution is 0.142. The second-order valence-electron chi connectivity index (χ2n) is 5.44. The van der Waals surface area contributed by atoms with Crippen LogP contribution in [0.4, 0.5) is 4.39 Å². The second kappa shape index (κ2) is 7.38. The van der Waals surface area contributed by atoms with E-state index in [-0.39, 0.29) is 11.9 Å². The number of rotatable bonds is 7. The van der Waals surface area contributed by atoms with Gasteiger partial charge >= 0.3 is 0 Å². The summed E-state index contributed by atoms with van der Waals surface area (Å²) in [6, 6.07) is 10.5. The first kappa shape index (κ1) is 15.7. The first-order chi connectivity index (χ1) is 10.0. The molecule has 0 saturated heterocycles. The number of hydrogen-bond donors (Lipinski definition) is 2. The van der Waals surface area contributed by atoms with Gasteiger partial charge < -0.3 is 14.8 Å². The fourth-order valence-electron chi connectivity index (χ4n) is 2.22. The van der Waals surface area contributed by atoms with Crippen LogP contribution in [0.25, 0.3) is 0 Å². The van der Waals surface area contributed by atoms with Gasteiger partial charge in [-0.3, -0.25) is 0 Å². The molecular formula is C17H22FNO2. The maximum atomic E-state index is 13.1. The number of furan rings is 1. The van der Waals surface area contributed by atoms with E-state index in [1.54, 1.807) is 18.2 Å². The summed E-state index contributed by atoms with van der Waals surface area (Å²) in [5.74, 6) is 1.18. The number of hydrogen-bond acceptors (Lipinski definition) is 3. The van der Waals surface area contributed by atoms with Gasteiger partial charge in [-0.05, 0) is 56.5 Å². The van der Waals surface area contributed by atoms with E-state index in [1.807, 2.05) is 19.1 Å². The number of aliphatic hydroxyl groups excluding tert-OH is 1. The summed E-state index contributed by atoms with van der Waals surface area (Å²) in [6.07, 6.45) is 1.05. The van der Waals surface area contributed by atoms with E-state index in [0.717, 1.165) is 24.2 Å². The summed E-state index contributed by atoms with van der Waals surface area (Å²) in [6.45, 7) is 4.35. The van der Waals surface area contributed by atoms with Crippen LogP contribution in [0.3, 0.4) is 0 Å². The Kier molecular flexibility index (Phi) is 5.53. The molecule has 2 atom stereocenters. The molecule has 2 N–H and O–H groups in total. The molecule has 0 radical (unpaired) electrons. The molecule has 1 aromatic carbocycles. The zero-order valence-electron chi connectivity index (χ0n) is 12.5. The van der Waals surface area contributed by atoms with Gasteiger partial charge in [0, 0.05) is 12.6 Å². The van der Waals surface area contributed by atoms with E-state index in [2.05, 4.69) is 12.2 Å². The van der Waals surface area contributed by atoms with Crippen molar-refractivity contribution in [1.29, 1.82) is 0 Å². The number of nitrogens with one attached hydrogen (secondary N) is 1. The van der Waals surface area contributed by atoms with E-state index in [4.69, 9.17) is 4.42 Å². The van der Waals surface area contributed by atoms with Crippen LogP contribution in [0, 0.1) is 12.7 Å². The fourth-order valence-corrected chi connectivity index (χ4v) is 2.22. The lowest BCUT2D eigenvalue weighted by Gasteiger charge is -2.16. The number of halogens is 1. The summed E-state index contributed by atoms with van der Waals surface area (Å²) in [7, 11) is 0. The van der Waals surface area contributed by atoms with Crippen molar-refractivity contribution in [3.63, 3.8) is 0 Å². The molecule has 1 aromatic heterocycles. The highest BCUT2D eigenvalue weighted by molar-refractivity contribution is 5.16. The molecule has 2 rings (SSSR count). The Morgan fingerprint density at radius 1 is 1.29 bits per heavy atom. The minimum atomic E-state index is -0.643. The van der Waals surface area contributed by atoms with E-state index < -0.39 is 6.10 Å². The molecule has 2 aromatic rings. The zero-order valence-corrected chi connectivity index (χ0v) is 12.5. The highest BCUT2D eigenvalue weighted by Gasteiger charge is 2.12. The lowest BCUT2D eigenvalue weighted by atomic mass is 10.1. The van der Waals surface area contributed by atoms with Crippen LogP contribution in [-0.4, -0.2) is 17.7 Å². The van der Waals surface area contributed by atoms with Crippen molar-refractivity contribution >= 4 is 0 Å². The lowest BCUT2D eigenvalue weighted by Crippen LogP contribution is -2.30. The van der Waals surface area contributed by atoms with E-state index in [0.29, 0.717) is 12.3 Å². The summed E-state index contributed by atoms with van der Waals surface area (Å²) in [4.78, 5) is 0. The SMILES string of the molecule is Cc1ccc(C(O)CNC(C)CCc2cccc(F)c2)o1. The van der Waals surface area contributed by atoms with Crippen molar-refractivity contribution < 1.29 is 13.9 Å². The van der Waals surface area contributed by atoms with Crippen molar-refractivity contribution in [2.24, 2.45) is 0 Å². The summed E-state index contributed by atoms with van der Waals surface area (Å²) < 4.78 is 18.5. The van der Waals surface area contributed by atoms with Crippen LogP contribution >= 0.6 is 0 Å². The molecule has 3 nitrogen and oxygen atoms in total. The average molecular weight is 291 g/mol. The molecule has 21 heavy (non-hydrogen) atoms. The van der Waals surface area contributed by atoms with Crippen LogP contribution in [0.5, 0.6) is 0 Å². The molecular weight excluding hydrogens is 269 g/mol. The monoisotopic (exact) mass is 291 g/mol. The van der Waals surface area contributed by atoms with Crippen LogP contribution in [-0.2, 0) is 6.42 Å². The fraction of sp³-hybridized carbons (Fsp3) is 0.412. The minimum Gasteiger partial charge on any atom is -0.464 e. The molecule has 2 unspecified atom stereocenters. The molecule has 0 fully saturated rings. The van der Waals surface area contributed by atoms with Crippen molar-refractivity contribution in [2.75, 3.05) is 6.54 Å². The van der Waals surface area contributed by atoms with Gasteiger partial charge in [-0.2, -0.15) is 0 Å². The Bertz CT molecular complexity index is 567. The van der Waals surface area contributed by atoms with Crippen LogP contribution in [0.2, 0.25) is 0 Å². The summed E-state index contributed by atoms with van der Waals surface area (Å²) in [5, 5.41) is 13.3. The normalized spacial score (nSPS) is 14.1. The molecule has 1 heterocycles. The predicted octanol–water partition coefficient (Wildman–Crippen LogP) is 3.37. The second-order valence-corrected chi connectivity index (χ2v) is 5.44. The molecule has 0 bridgehead atoms. The Morgan fingerprint density at radius 2 is 2.10 bits per heavy atom. The molecule has 0 saturated carbocycles. The van der Waals surface area contributed by atoms with E-state index >= 15 is 0 Å². The van der Waals surface area contributed by atoms with Gasteiger partial charge in [0.2, 0.25) is 0 Å². The third kappa shape index (κ3) is 4.99. The van der Waals surface area contributed by atoms with E-state index in [1.165, 1.54) is 6.07 Å². The van der Waals surface area contributed by atoms with Crippen molar-refractivity contribution in [3.05, 3.63) is 59.3 Å². The van der Waals surface area contributed by atoms with Gasteiger partial charge in [0.1, 0.15) is 23.4 Å².